The van der Waals surface area contributed by atoms with Crippen LogP contribution in [0.2, 0.25) is 5.02 Å². The summed E-state index contributed by atoms with van der Waals surface area (Å²) in [6.07, 6.45) is 2.57. The molecule has 3 atom stereocenters. The number of halogens is 1. The van der Waals surface area contributed by atoms with Gasteiger partial charge in [-0.1, -0.05) is 37.6 Å². The van der Waals surface area contributed by atoms with Gasteiger partial charge >= 0.3 is 0 Å². The van der Waals surface area contributed by atoms with E-state index < -0.39 is 0 Å². The summed E-state index contributed by atoms with van der Waals surface area (Å²) in [5, 5.41) is 4.47. The summed E-state index contributed by atoms with van der Waals surface area (Å²) in [5.41, 5.74) is 2.42. The predicted octanol–water partition coefficient (Wildman–Crippen LogP) is 4.11. The molecule has 0 saturated carbocycles. The first-order valence-electron chi connectivity index (χ1n) is 7.28. The summed E-state index contributed by atoms with van der Waals surface area (Å²) in [4.78, 5) is 0. The lowest BCUT2D eigenvalue weighted by Crippen LogP contribution is -2.32. The molecule has 0 bridgehead atoms. The Morgan fingerprint density at radius 1 is 1.42 bits per heavy atom. The van der Waals surface area contributed by atoms with E-state index in [0.29, 0.717) is 18.1 Å². The highest BCUT2D eigenvalue weighted by Gasteiger charge is 2.34. The highest BCUT2D eigenvalue weighted by atomic mass is 35.5. The summed E-state index contributed by atoms with van der Waals surface area (Å²) in [5.74, 6) is 0.545. The zero-order valence-electron chi connectivity index (χ0n) is 12.1. The van der Waals surface area contributed by atoms with Crippen LogP contribution in [0, 0.1) is 12.8 Å². The minimum atomic E-state index is 0.343. The average molecular weight is 282 g/mol. The van der Waals surface area contributed by atoms with E-state index >= 15 is 0 Å². The van der Waals surface area contributed by atoms with Crippen LogP contribution in [0.3, 0.4) is 0 Å². The molecule has 1 heterocycles. The number of ether oxygens (including phenoxy) is 1. The van der Waals surface area contributed by atoms with Crippen LogP contribution in [0.4, 0.5) is 0 Å². The number of aryl methyl sites for hydroxylation is 1. The maximum Gasteiger partial charge on any atom is 0.0619 e. The zero-order valence-corrected chi connectivity index (χ0v) is 12.8. The van der Waals surface area contributed by atoms with Crippen molar-refractivity contribution in [3.63, 3.8) is 0 Å². The number of rotatable bonds is 5. The molecule has 19 heavy (non-hydrogen) atoms. The van der Waals surface area contributed by atoms with Crippen molar-refractivity contribution in [1.82, 2.24) is 5.32 Å². The normalized spacial score (nSPS) is 24.6. The third kappa shape index (κ3) is 3.31. The standard InChI is InChI=1S/C16H24ClNO/c1-4-15-13(8-9-19-15)16(18-5-2)12-7-6-11(3)14(17)10-12/h6-7,10,13,15-16,18H,4-5,8-9H2,1-3H3. The van der Waals surface area contributed by atoms with Crippen LogP contribution < -0.4 is 5.32 Å². The lowest BCUT2D eigenvalue weighted by atomic mass is 9.86. The van der Waals surface area contributed by atoms with Crippen molar-refractivity contribution < 1.29 is 4.74 Å². The number of hydrogen-bond donors (Lipinski definition) is 1. The van der Waals surface area contributed by atoms with Crippen LogP contribution in [-0.4, -0.2) is 19.3 Å². The second-order valence-corrected chi connectivity index (χ2v) is 5.72. The first kappa shape index (κ1) is 14.8. The monoisotopic (exact) mass is 281 g/mol. The van der Waals surface area contributed by atoms with Crippen molar-refractivity contribution in [3.05, 3.63) is 34.3 Å². The molecule has 1 aliphatic heterocycles. The molecule has 2 rings (SSSR count). The quantitative estimate of drug-likeness (QED) is 0.877. The Morgan fingerprint density at radius 3 is 2.84 bits per heavy atom. The van der Waals surface area contributed by atoms with Gasteiger partial charge in [-0.05, 0) is 43.5 Å². The molecule has 1 aliphatic rings. The Morgan fingerprint density at radius 2 is 2.21 bits per heavy atom. The highest BCUT2D eigenvalue weighted by Crippen LogP contribution is 2.36. The SMILES string of the molecule is CCNC(c1ccc(C)c(Cl)c1)C1CCOC1CC. The molecule has 1 aromatic rings. The second-order valence-electron chi connectivity index (χ2n) is 5.31. The van der Waals surface area contributed by atoms with Gasteiger partial charge in [0.05, 0.1) is 6.10 Å². The summed E-state index contributed by atoms with van der Waals surface area (Å²) < 4.78 is 5.84. The van der Waals surface area contributed by atoms with Gasteiger partial charge in [-0.15, -0.1) is 0 Å². The fraction of sp³-hybridized carbons (Fsp3) is 0.625. The first-order valence-corrected chi connectivity index (χ1v) is 7.66. The number of hydrogen-bond acceptors (Lipinski definition) is 2. The van der Waals surface area contributed by atoms with Crippen LogP contribution >= 0.6 is 11.6 Å². The lowest BCUT2D eigenvalue weighted by Gasteiger charge is -2.28. The van der Waals surface area contributed by atoms with E-state index in [1.54, 1.807) is 0 Å². The molecule has 0 radical (unpaired) electrons. The van der Waals surface area contributed by atoms with E-state index in [9.17, 15) is 0 Å². The van der Waals surface area contributed by atoms with E-state index in [0.717, 1.165) is 36.6 Å². The van der Waals surface area contributed by atoms with Gasteiger partial charge in [0.2, 0.25) is 0 Å². The van der Waals surface area contributed by atoms with Gasteiger partial charge < -0.3 is 10.1 Å². The molecule has 106 valence electrons. The summed E-state index contributed by atoms with van der Waals surface area (Å²) >= 11 is 6.28. The molecule has 0 amide bonds. The van der Waals surface area contributed by atoms with Gasteiger partial charge in [0.1, 0.15) is 0 Å². The fourth-order valence-electron chi connectivity index (χ4n) is 3.01. The third-order valence-corrected chi connectivity index (χ3v) is 4.48. The molecule has 0 aromatic heterocycles. The smallest absolute Gasteiger partial charge is 0.0619 e. The van der Waals surface area contributed by atoms with Crippen LogP contribution in [0.25, 0.3) is 0 Å². The highest BCUT2D eigenvalue weighted by molar-refractivity contribution is 6.31. The van der Waals surface area contributed by atoms with Crippen molar-refractivity contribution in [3.8, 4) is 0 Å². The van der Waals surface area contributed by atoms with Crippen molar-refractivity contribution in [2.45, 2.75) is 45.8 Å². The topological polar surface area (TPSA) is 21.3 Å². The van der Waals surface area contributed by atoms with Crippen molar-refractivity contribution in [2.24, 2.45) is 5.92 Å². The van der Waals surface area contributed by atoms with Crippen LogP contribution in [0.15, 0.2) is 18.2 Å². The molecule has 3 heteroatoms. The molecular formula is C16H24ClNO. The van der Waals surface area contributed by atoms with Crippen LogP contribution in [-0.2, 0) is 4.74 Å². The molecule has 2 nitrogen and oxygen atoms in total. The molecule has 0 spiro atoms. The Kier molecular flexibility index (Phi) is 5.26. The fourth-order valence-corrected chi connectivity index (χ4v) is 3.19. The predicted molar refractivity (Wildman–Crippen MR) is 80.7 cm³/mol. The molecule has 1 fully saturated rings. The molecular weight excluding hydrogens is 258 g/mol. The molecule has 1 saturated heterocycles. The first-order chi connectivity index (χ1) is 9.17. The van der Waals surface area contributed by atoms with E-state index in [4.69, 9.17) is 16.3 Å². The molecule has 3 unspecified atom stereocenters. The van der Waals surface area contributed by atoms with E-state index in [2.05, 4.69) is 37.4 Å². The van der Waals surface area contributed by atoms with Gasteiger partial charge in [0.15, 0.2) is 0 Å². The van der Waals surface area contributed by atoms with Crippen LogP contribution in [0.1, 0.15) is 43.9 Å². The van der Waals surface area contributed by atoms with Crippen LogP contribution in [0.5, 0.6) is 0 Å². The maximum atomic E-state index is 6.28. The second kappa shape index (κ2) is 6.74. The van der Waals surface area contributed by atoms with Gasteiger partial charge in [-0.3, -0.25) is 0 Å². The Balaban J connectivity index is 2.25. The van der Waals surface area contributed by atoms with E-state index in [1.165, 1.54) is 5.56 Å². The Hall–Kier alpha value is -0.570. The summed E-state index contributed by atoms with van der Waals surface area (Å²) in [6, 6.07) is 6.75. The Labute approximate surface area is 121 Å². The number of nitrogens with one attached hydrogen (secondary N) is 1. The maximum absolute atomic E-state index is 6.28. The van der Waals surface area contributed by atoms with Crippen molar-refractivity contribution in [2.75, 3.05) is 13.2 Å². The van der Waals surface area contributed by atoms with E-state index in [1.807, 2.05) is 6.92 Å². The zero-order chi connectivity index (χ0) is 13.8. The van der Waals surface area contributed by atoms with Crippen molar-refractivity contribution >= 4 is 11.6 Å². The largest absolute Gasteiger partial charge is 0.378 e. The van der Waals surface area contributed by atoms with E-state index in [-0.39, 0.29) is 0 Å². The van der Waals surface area contributed by atoms with Gasteiger partial charge in [0.25, 0.3) is 0 Å². The minimum Gasteiger partial charge on any atom is -0.378 e. The third-order valence-electron chi connectivity index (χ3n) is 4.07. The van der Waals surface area contributed by atoms with Gasteiger partial charge in [-0.25, -0.2) is 0 Å². The number of benzene rings is 1. The molecule has 1 N–H and O–H groups in total. The minimum absolute atomic E-state index is 0.343. The summed E-state index contributed by atoms with van der Waals surface area (Å²) in [6.45, 7) is 8.24. The van der Waals surface area contributed by atoms with Gasteiger partial charge in [-0.2, -0.15) is 0 Å². The lowest BCUT2D eigenvalue weighted by molar-refractivity contribution is 0.0776. The van der Waals surface area contributed by atoms with Crippen molar-refractivity contribution in [1.29, 1.82) is 0 Å². The van der Waals surface area contributed by atoms with Gasteiger partial charge in [0, 0.05) is 23.6 Å². The summed E-state index contributed by atoms with van der Waals surface area (Å²) in [7, 11) is 0. The average Bonchev–Trinajstić information content (AvgIpc) is 2.87. The Bertz CT molecular complexity index is 421. The molecule has 0 aliphatic carbocycles. The molecule has 1 aromatic carbocycles.